The molecule has 0 aliphatic carbocycles. The van der Waals surface area contributed by atoms with Crippen LogP contribution < -0.4 is 5.32 Å². The largest absolute Gasteiger partial charge is 0.472 e. The van der Waals surface area contributed by atoms with Crippen LogP contribution in [-0.2, 0) is 18.4 Å². The molecule has 0 bridgehead atoms. The Kier molecular flexibility index (Phi) is 40.7. The summed E-state index contributed by atoms with van der Waals surface area (Å²) < 4.78 is 23.6. The second kappa shape index (κ2) is 41.8. The van der Waals surface area contributed by atoms with E-state index in [0.717, 1.165) is 44.9 Å². The number of allylic oxidation sites excluding steroid dienone is 7. The number of hydrogen-bond donors (Lipinski definition) is 3. The summed E-state index contributed by atoms with van der Waals surface area (Å²) in [5, 5.41) is 13.8. The highest BCUT2D eigenvalue weighted by Crippen LogP contribution is 2.43. The highest BCUT2D eigenvalue weighted by Gasteiger charge is 2.27. The molecule has 0 aromatic heterocycles. The van der Waals surface area contributed by atoms with Gasteiger partial charge in [-0.3, -0.25) is 13.8 Å². The maximum absolute atomic E-state index is 12.9. The van der Waals surface area contributed by atoms with Crippen LogP contribution in [0.15, 0.2) is 48.6 Å². The molecule has 346 valence electrons. The smallest absolute Gasteiger partial charge is 0.387 e. The summed E-state index contributed by atoms with van der Waals surface area (Å²) in [6.07, 6.45) is 53.3. The van der Waals surface area contributed by atoms with Crippen LogP contribution in [0.5, 0.6) is 0 Å². The Morgan fingerprint density at radius 2 is 0.983 bits per heavy atom. The van der Waals surface area contributed by atoms with Crippen LogP contribution in [0.4, 0.5) is 0 Å². The Morgan fingerprint density at radius 1 is 0.576 bits per heavy atom. The second-order valence-corrected chi connectivity index (χ2v) is 19.3. The molecule has 0 saturated carbocycles. The Labute approximate surface area is 365 Å². The van der Waals surface area contributed by atoms with Crippen molar-refractivity contribution in [3.63, 3.8) is 0 Å². The van der Waals surface area contributed by atoms with E-state index in [4.69, 9.17) is 9.05 Å². The zero-order chi connectivity index (χ0) is 43.6. The zero-order valence-corrected chi connectivity index (χ0v) is 40.1. The van der Waals surface area contributed by atoms with Crippen molar-refractivity contribution >= 4 is 13.7 Å². The van der Waals surface area contributed by atoms with Crippen LogP contribution in [0.25, 0.3) is 0 Å². The van der Waals surface area contributed by atoms with Gasteiger partial charge in [0, 0.05) is 6.42 Å². The number of carbonyl (C=O) groups is 1. The van der Waals surface area contributed by atoms with Crippen molar-refractivity contribution in [2.75, 3.05) is 40.9 Å². The number of aliphatic hydroxyl groups excluding tert-OH is 1. The predicted octanol–water partition coefficient (Wildman–Crippen LogP) is 14.0. The molecule has 0 rings (SSSR count). The molecule has 3 unspecified atom stereocenters. The molecule has 0 fully saturated rings. The fraction of sp³-hybridized carbons (Fsp3) is 0.820. The summed E-state index contributed by atoms with van der Waals surface area (Å²) in [7, 11) is 1.55. The summed E-state index contributed by atoms with van der Waals surface area (Å²) in [6, 6.07) is -0.865. The van der Waals surface area contributed by atoms with E-state index < -0.39 is 20.0 Å². The SMILES string of the molecule is CCCCCCC/C=C\C/C=C\CCCCCCCCCCCC(=O)NC(COP(=O)(O)OCC[N+](C)(C)C)C(O)/C=C/CC/C=C/CCCCCCCCCCCC. The summed E-state index contributed by atoms with van der Waals surface area (Å²) in [6.45, 7) is 4.78. The Bertz CT molecular complexity index is 1100. The molecule has 3 N–H and O–H groups in total. The molecule has 8 nitrogen and oxygen atoms in total. The number of likely N-dealkylation sites (N-methyl/N-ethyl adjacent to an activating group) is 1. The third kappa shape index (κ3) is 44.3. The minimum Gasteiger partial charge on any atom is -0.387 e. The van der Waals surface area contributed by atoms with Gasteiger partial charge < -0.3 is 19.8 Å². The second-order valence-electron chi connectivity index (χ2n) is 17.8. The summed E-state index contributed by atoms with van der Waals surface area (Å²) in [5.41, 5.74) is 0. The fourth-order valence-electron chi connectivity index (χ4n) is 6.85. The lowest BCUT2D eigenvalue weighted by molar-refractivity contribution is -0.870. The first-order chi connectivity index (χ1) is 28.5. The topological polar surface area (TPSA) is 105 Å². The number of phosphoric ester groups is 1. The van der Waals surface area contributed by atoms with Gasteiger partial charge in [0.1, 0.15) is 13.2 Å². The van der Waals surface area contributed by atoms with E-state index in [1.54, 1.807) is 6.08 Å². The maximum atomic E-state index is 12.9. The van der Waals surface area contributed by atoms with Gasteiger partial charge in [-0.2, -0.15) is 0 Å². The molecular weight excluding hydrogens is 756 g/mol. The molecule has 3 atom stereocenters. The standard InChI is InChI=1S/C50H95N2O6P/c1-6-8-10-12-14-16-18-20-22-24-25-26-27-28-30-32-34-36-38-40-42-44-50(54)51-48(47-58-59(55,56)57-46-45-52(3,4)5)49(53)43-41-39-37-35-33-31-29-23-21-19-17-15-13-11-9-7-2/h18,20,24-25,33,35,41,43,48-49,53H,6-17,19,21-23,26-32,34,36-40,42,44-47H2,1-5H3,(H-,51,54,55,56)/p+1/b20-18-,25-24-,35-33+,43-41+. The van der Waals surface area contributed by atoms with E-state index in [1.807, 2.05) is 27.2 Å². The maximum Gasteiger partial charge on any atom is 0.472 e. The van der Waals surface area contributed by atoms with Crippen LogP contribution in [0.3, 0.4) is 0 Å². The number of nitrogens with one attached hydrogen (secondary N) is 1. The number of rotatable bonds is 44. The third-order valence-corrected chi connectivity index (χ3v) is 11.8. The van der Waals surface area contributed by atoms with E-state index in [1.165, 1.54) is 148 Å². The molecule has 0 saturated heterocycles. The Balaban J connectivity index is 4.38. The number of phosphoric acid groups is 1. The molecule has 1 amide bonds. The van der Waals surface area contributed by atoms with Gasteiger partial charge in [-0.25, -0.2) is 4.57 Å². The van der Waals surface area contributed by atoms with Gasteiger partial charge in [0.25, 0.3) is 0 Å². The van der Waals surface area contributed by atoms with Gasteiger partial charge in [-0.1, -0.05) is 191 Å². The molecule has 9 heteroatoms. The molecule has 59 heavy (non-hydrogen) atoms. The molecular formula is C50H96N2O6P+. The first kappa shape index (κ1) is 57.5. The van der Waals surface area contributed by atoms with E-state index in [9.17, 15) is 19.4 Å². The van der Waals surface area contributed by atoms with Gasteiger partial charge in [0.2, 0.25) is 5.91 Å². The number of nitrogens with zero attached hydrogens (tertiary/aromatic N) is 1. The number of quaternary nitrogens is 1. The van der Waals surface area contributed by atoms with Crippen LogP contribution in [0.2, 0.25) is 0 Å². The summed E-state index contributed by atoms with van der Waals surface area (Å²) in [5.74, 6) is -0.192. The molecule has 0 aromatic carbocycles. The third-order valence-electron chi connectivity index (χ3n) is 10.8. The average molecular weight is 852 g/mol. The van der Waals surface area contributed by atoms with E-state index >= 15 is 0 Å². The average Bonchev–Trinajstić information content (AvgIpc) is 3.19. The van der Waals surface area contributed by atoms with Gasteiger partial charge in [0.05, 0.1) is 39.9 Å². The van der Waals surface area contributed by atoms with Crippen LogP contribution in [0, 0.1) is 0 Å². The molecule has 0 spiro atoms. The molecule has 0 aliphatic heterocycles. The van der Waals surface area contributed by atoms with Crippen molar-refractivity contribution in [3.8, 4) is 0 Å². The lowest BCUT2D eigenvalue weighted by Crippen LogP contribution is -2.45. The first-order valence-corrected chi connectivity index (χ1v) is 26.0. The number of unbranched alkanes of at least 4 members (excludes halogenated alkanes) is 25. The van der Waals surface area contributed by atoms with Gasteiger partial charge in [-0.05, 0) is 64.2 Å². The number of amides is 1. The highest BCUT2D eigenvalue weighted by molar-refractivity contribution is 7.47. The molecule has 0 radical (unpaired) electrons. The van der Waals surface area contributed by atoms with Gasteiger partial charge >= 0.3 is 7.82 Å². The zero-order valence-electron chi connectivity index (χ0n) is 39.2. The monoisotopic (exact) mass is 852 g/mol. The van der Waals surface area contributed by atoms with Crippen LogP contribution in [0.1, 0.15) is 213 Å². The summed E-state index contributed by atoms with van der Waals surface area (Å²) >= 11 is 0. The van der Waals surface area contributed by atoms with Crippen molar-refractivity contribution in [1.29, 1.82) is 0 Å². The van der Waals surface area contributed by atoms with Crippen LogP contribution >= 0.6 is 7.82 Å². The van der Waals surface area contributed by atoms with Gasteiger partial charge in [0.15, 0.2) is 0 Å². The van der Waals surface area contributed by atoms with Crippen molar-refractivity contribution in [2.45, 2.75) is 225 Å². The summed E-state index contributed by atoms with van der Waals surface area (Å²) in [4.78, 5) is 23.2. The van der Waals surface area contributed by atoms with Crippen molar-refractivity contribution in [3.05, 3.63) is 48.6 Å². The van der Waals surface area contributed by atoms with Crippen molar-refractivity contribution < 1.29 is 32.9 Å². The van der Waals surface area contributed by atoms with Crippen molar-refractivity contribution in [1.82, 2.24) is 5.32 Å². The minimum atomic E-state index is -4.35. The molecule has 0 aliphatic rings. The van der Waals surface area contributed by atoms with Gasteiger partial charge in [-0.15, -0.1) is 0 Å². The fourth-order valence-corrected chi connectivity index (χ4v) is 7.59. The lowest BCUT2D eigenvalue weighted by atomic mass is 10.1. The number of hydrogen-bond acceptors (Lipinski definition) is 5. The lowest BCUT2D eigenvalue weighted by Gasteiger charge is -2.25. The van der Waals surface area contributed by atoms with Crippen LogP contribution in [-0.4, -0.2) is 73.4 Å². The first-order valence-electron chi connectivity index (χ1n) is 24.5. The quantitative estimate of drug-likeness (QED) is 0.0244. The number of carbonyl (C=O) groups excluding carboxylic acids is 1. The Hall–Kier alpha value is -1.54. The molecule has 0 heterocycles. The van der Waals surface area contributed by atoms with E-state index in [2.05, 4.69) is 55.6 Å². The van der Waals surface area contributed by atoms with E-state index in [0.29, 0.717) is 17.4 Å². The highest BCUT2D eigenvalue weighted by atomic mass is 31.2. The van der Waals surface area contributed by atoms with Crippen molar-refractivity contribution in [2.24, 2.45) is 0 Å². The number of aliphatic hydroxyl groups is 1. The minimum absolute atomic E-state index is 0.0543. The normalized spacial score (nSPS) is 14.6. The van der Waals surface area contributed by atoms with E-state index in [-0.39, 0.29) is 19.1 Å². The predicted molar refractivity (Wildman–Crippen MR) is 254 cm³/mol. The Morgan fingerprint density at radius 3 is 1.46 bits per heavy atom. The molecule has 0 aromatic rings.